The molecule has 1 N–H and O–H groups in total. The van der Waals surface area contributed by atoms with Crippen LogP contribution in [0.25, 0.3) is 44.3 Å². The lowest BCUT2D eigenvalue weighted by molar-refractivity contribution is 0.0600. The number of methoxy groups -OCH3 is 1. The second-order valence-corrected chi connectivity index (χ2v) is 6.86. The maximum Gasteiger partial charge on any atom is 0.346 e. The molecule has 0 aliphatic rings. The van der Waals surface area contributed by atoms with Crippen LogP contribution in [0.4, 0.5) is 0 Å². The van der Waals surface area contributed by atoms with Crippen molar-refractivity contribution in [3.05, 3.63) is 89.0 Å². The summed E-state index contributed by atoms with van der Waals surface area (Å²) in [6.07, 6.45) is 3.06. The summed E-state index contributed by atoms with van der Waals surface area (Å²) in [5.41, 5.74) is 3.48. The van der Waals surface area contributed by atoms with Crippen LogP contribution in [0.2, 0.25) is 0 Å². The number of carbonyl (C=O) groups excluding carboxylic acids is 1. The van der Waals surface area contributed by atoms with Gasteiger partial charge in [-0.05, 0) is 24.3 Å². The fourth-order valence-electron chi connectivity index (χ4n) is 3.71. The molecule has 0 atom stereocenters. The summed E-state index contributed by atoms with van der Waals surface area (Å²) in [4.78, 5) is 32.6. The summed E-state index contributed by atoms with van der Waals surface area (Å²) in [6, 6.07) is 18.7. The number of pyridine rings is 1. The first-order chi connectivity index (χ1) is 14.7. The van der Waals surface area contributed by atoms with Crippen molar-refractivity contribution in [2.24, 2.45) is 0 Å². The van der Waals surface area contributed by atoms with Gasteiger partial charge in [0.05, 0.1) is 23.9 Å². The van der Waals surface area contributed by atoms with E-state index in [1.54, 1.807) is 24.4 Å². The first-order valence-electron chi connectivity index (χ1n) is 9.33. The average molecular weight is 396 g/mol. The summed E-state index contributed by atoms with van der Waals surface area (Å²) in [7, 11) is 1.32. The highest BCUT2D eigenvalue weighted by atomic mass is 16.5. The highest BCUT2D eigenvalue weighted by Gasteiger charge is 2.20. The molecule has 146 valence electrons. The minimum atomic E-state index is -0.496. The van der Waals surface area contributed by atoms with Gasteiger partial charge in [0.1, 0.15) is 5.58 Å². The monoisotopic (exact) mass is 396 g/mol. The normalized spacial score (nSPS) is 11.1. The number of nitrogens with zero attached hydrogens (tertiary/aromatic N) is 1. The Hall–Kier alpha value is -4.19. The molecule has 0 saturated carbocycles. The molecule has 2 aromatic carbocycles. The van der Waals surface area contributed by atoms with Crippen molar-refractivity contribution in [1.29, 1.82) is 0 Å². The van der Waals surface area contributed by atoms with Gasteiger partial charge in [0, 0.05) is 39.8 Å². The Morgan fingerprint density at radius 1 is 1.00 bits per heavy atom. The van der Waals surface area contributed by atoms with E-state index in [4.69, 9.17) is 9.15 Å². The van der Waals surface area contributed by atoms with Gasteiger partial charge in [-0.25, -0.2) is 9.59 Å². The number of carbonyl (C=O) groups is 1. The topological polar surface area (TPSA) is 85.2 Å². The molecule has 0 saturated heterocycles. The third-order valence-corrected chi connectivity index (χ3v) is 5.06. The van der Waals surface area contributed by atoms with E-state index < -0.39 is 11.6 Å². The molecule has 0 radical (unpaired) electrons. The number of H-pyrrole nitrogens is 1. The van der Waals surface area contributed by atoms with E-state index in [0.717, 1.165) is 16.3 Å². The van der Waals surface area contributed by atoms with Crippen LogP contribution in [0.5, 0.6) is 0 Å². The van der Waals surface area contributed by atoms with Crippen molar-refractivity contribution < 1.29 is 13.9 Å². The molecular formula is C24H16N2O4. The smallest absolute Gasteiger partial charge is 0.346 e. The molecule has 0 bridgehead atoms. The molecule has 0 fully saturated rings. The molecule has 0 amide bonds. The molecule has 0 spiro atoms. The van der Waals surface area contributed by atoms with E-state index in [0.29, 0.717) is 33.5 Å². The standard InChI is InChI=1S/C24H16N2O4/c1-29-23(27)16-10-15(12-25-13-16)21-17-7-3-5-9-20(17)30-24(28)22(21)19-11-14-6-2-4-8-18(14)26-19/h2-13,26H,1H3. The molecule has 30 heavy (non-hydrogen) atoms. The van der Waals surface area contributed by atoms with Crippen molar-refractivity contribution in [2.75, 3.05) is 7.11 Å². The molecule has 0 unspecified atom stereocenters. The Kier molecular flexibility index (Phi) is 4.17. The Morgan fingerprint density at radius 3 is 2.63 bits per heavy atom. The van der Waals surface area contributed by atoms with Crippen LogP contribution in [0, 0.1) is 0 Å². The Labute approximate surface area is 170 Å². The minimum absolute atomic E-state index is 0.301. The van der Waals surface area contributed by atoms with Gasteiger partial charge in [-0.2, -0.15) is 0 Å². The van der Waals surface area contributed by atoms with Crippen LogP contribution in [0.3, 0.4) is 0 Å². The number of fused-ring (bicyclic) bond motifs is 2. The van der Waals surface area contributed by atoms with E-state index in [9.17, 15) is 9.59 Å². The van der Waals surface area contributed by atoms with Gasteiger partial charge in [-0.1, -0.05) is 36.4 Å². The van der Waals surface area contributed by atoms with E-state index in [1.165, 1.54) is 13.3 Å². The van der Waals surface area contributed by atoms with Crippen molar-refractivity contribution in [3.63, 3.8) is 0 Å². The lowest BCUT2D eigenvalue weighted by Crippen LogP contribution is -2.07. The van der Waals surface area contributed by atoms with Crippen LogP contribution in [0.15, 0.2) is 82.3 Å². The largest absolute Gasteiger partial charge is 0.465 e. The zero-order valence-corrected chi connectivity index (χ0v) is 16.0. The first kappa shape index (κ1) is 17.9. The molecule has 3 aromatic heterocycles. The fourth-order valence-corrected chi connectivity index (χ4v) is 3.71. The van der Waals surface area contributed by atoms with Crippen molar-refractivity contribution >= 4 is 27.8 Å². The molecule has 5 aromatic rings. The van der Waals surface area contributed by atoms with Crippen molar-refractivity contribution in [3.8, 4) is 22.4 Å². The molecule has 0 aliphatic carbocycles. The quantitative estimate of drug-likeness (QED) is 0.350. The number of hydrogen-bond donors (Lipinski definition) is 1. The molecule has 3 heterocycles. The van der Waals surface area contributed by atoms with Crippen LogP contribution < -0.4 is 5.63 Å². The summed E-state index contributed by atoms with van der Waals surface area (Å²) in [6.45, 7) is 0. The van der Waals surface area contributed by atoms with Crippen molar-refractivity contribution in [1.82, 2.24) is 9.97 Å². The summed E-state index contributed by atoms with van der Waals surface area (Å²) >= 11 is 0. The maximum absolute atomic E-state index is 13.1. The second kappa shape index (κ2) is 7.00. The van der Waals surface area contributed by atoms with E-state index in [-0.39, 0.29) is 0 Å². The van der Waals surface area contributed by atoms with Gasteiger partial charge in [0.2, 0.25) is 0 Å². The Balaban J connectivity index is 1.87. The van der Waals surface area contributed by atoms with Crippen LogP contribution in [0.1, 0.15) is 10.4 Å². The number of nitrogens with one attached hydrogen (secondary N) is 1. The highest BCUT2D eigenvalue weighted by Crippen LogP contribution is 2.36. The average Bonchev–Trinajstić information content (AvgIpc) is 3.21. The van der Waals surface area contributed by atoms with Gasteiger partial charge in [0.15, 0.2) is 0 Å². The summed E-state index contributed by atoms with van der Waals surface area (Å²) in [5.74, 6) is -0.496. The van der Waals surface area contributed by atoms with E-state index >= 15 is 0 Å². The van der Waals surface area contributed by atoms with Gasteiger partial charge >= 0.3 is 11.6 Å². The zero-order chi connectivity index (χ0) is 20.7. The van der Waals surface area contributed by atoms with Crippen molar-refractivity contribution in [2.45, 2.75) is 0 Å². The number of esters is 1. The predicted molar refractivity (Wildman–Crippen MR) is 114 cm³/mol. The minimum Gasteiger partial charge on any atom is -0.465 e. The SMILES string of the molecule is COC(=O)c1cncc(-c2c(-c3cc4ccccc4[nH]3)c(=O)oc3ccccc23)c1. The van der Waals surface area contributed by atoms with Gasteiger partial charge in [-0.15, -0.1) is 0 Å². The zero-order valence-electron chi connectivity index (χ0n) is 16.0. The number of hydrogen-bond acceptors (Lipinski definition) is 5. The molecule has 6 heteroatoms. The lowest BCUT2D eigenvalue weighted by atomic mass is 9.95. The maximum atomic E-state index is 13.1. The number of benzene rings is 2. The van der Waals surface area contributed by atoms with Gasteiger partial charge in [0.25, 0.3) is 0 Å². The predicted octanol–water partition coefficient (Wildman–Crippen LogP) is 4.79. The number of para-hydroxylation sites is 2. The number of rotatable bonds is 3. The Bertz CT molecular complexity index is 1450. The van der Waals surface area contributed by atoms with Gasteiger partial charge < -0.3 is 14.1 Å². The van der Waals surface area contributed by atoms with Gasteiger partial charge in [-0.3, -0.25) is 4.98 Å². The first-order valence-corrected chi connectivity index (χ1v) is 9.33. The van der Waals surface area contributed by atoms with Crippen LogP contribution in [-0.4, -0.2) is 23.0 Å². The molecule has 0 aliphatic heterocycles. The molecule has 6 nitrogen and oxygen atoms in total. The summed E-state index contributed by atoms with van der Waals surface area (Å²) in [5, 5.41) is 1.72. The number of aromatic nitrogens is 2. The Morgan fingerprint density at radius 2 is 1.80 bits per heavy atom. The lowest BCUT2D eigenvalue weighted by Gasteiger charge is -2.11. The van der Waals surface area contributed by atoms with E-state index in [2.05, 4.69) is 9.97 Å². The third kappa shape index (κ3) is 2.86. The molecular weight excluding hydrogens is 380 g/mol. The second-order valence-electron chi connectivity index (χ2n) is 6.86. The van der Waals surface area contributed by atoms with Crippen LogP contribution in [-0.2, 0) is 4.74 Å². The number of ether oxygens (including phenoxy) is 1. The van der Waals surface area contributed by atoms with E-state index in [1.807, 2.05) is 42.5 Å². The third-order valence-electron chi connectivity index (χ3n) is 5.06. The highest BCUT2D eigenvalue weighted by molar-refractivity contribution is 6.03. The van der Waals surface area contributed by atoms with Crippen LogP contribution >= 0.6 is 0 Å². The number of aromatic amines is 1. The fraction of sp³-hybridized carbons (Fsp3) is 0.0417. The molecule has 5 rings (SSSR count). The summed E-state index contributed by atoms with van der Waals surface area (Å²) < 4.78 is 10.4.